The molecule has 100 valence electrons. The van der Waals surface area contributed by atoms with Crippen LogP contribution in [0.25, 0.3) is 0 Å². The largest absolute Gasteiger partial charge is 0.254 e. The van der Waals surface area contributed by atoms with Gasteiger partial charge in [-0.1, -0.05) is 22.9 Å². The number of halogens is 1. The molecule has 3 rings (SSSR count). The normalized spacial score (nSPS) is 20.6. The Labute approximate surface area is 116 Å². The van der Waals surface area contributed by atoms with Crippen LogP contribution in [-0.4, -0.2) is 30.8 Å². The molecule has 0 aromatic carbocycles. The Balaban J connectivity index is 1.81. The lowest BCUT2D eigenvalue weighted by molar-refractivity contribution is 0.383. The molecule has 0 spiro atoms. The number of sulfonamides is 1. The molecule has 2 aliphatic rings. The van der Waals surface area contributed by atoms with Crippen molar-refractivity contribution in [1.82, 2.24) is 9.29 Å². The van der Waals surface area contributed by atoms with Crippen LogP contribution in [0.5, 0.6) is 0 Å². The lowest BCUT2D eigenvalue weighted by atomic mass is 10.4. The Morgan fingerprint density at radius 2 is 1.83 bits per heavy atom. The van der Waals surface area contributed by atoms with E-state index in [1.807, 2.05) is 0 Å². The molecule has 0 saturated heterocycles. The minimum Gasteiger partial charge on any atom is -0.232 e. The summed E-state index contributed by atoms with van der Waals surface area (Å²) in [6.07, 6.45) is 5.98. The van der Waals surface area contributed by atoms with Crippen LogP contribution in [0.1, 0.15) is 25.7 Å². The third-order valence-corrected chi connectivity index (χ3v) is 6.75. The maximum Gasteiger partial charge on any atom is 0.254 e. The average molecular weight is 307 g/mol. The van der Waals surface area contributed by atoms with Crippen LogP contribution < -0.4 is 0 Å². The zero-order valence-electron chi connectivity index (χ0n) is 9.88. The lowest BCUT2D eigenvalue weighted by Crippen LogP contribution is -2.34. The Bertz CT molecular complexity index is 521. The van der Waals surface area contributed by atoms with Crippen molar-refractivity contribution in [3.63, 3.8) is 0 Å². The van der Waals surface area contributed by atoms with Gasteiger partial charge >= 0.3 is 0 Å². The fourth-order valence-corrected chi connectivity index (χ4v) is 4.97. The van der Waals surface area contributed by atoms with Crippen LogP contribution in [0.3, 0.4) is 0 Å². The van der Waals surface area contributed by atoms with E-state index < -0.39 is 10.0 Å². The van der Waals surface area contributed by atoms with Gasteiger partial charge in [0.25, 0.3) is 10.0 Å². The molecule has 2 aliphatic carbocycles. The first-order valence-corrected chi connectivity index (χ1v) is 8.80. The van der Waals surface area contributed by atoms with Crippen LogP contribution in [0.4, 0.5) is 0 Å². The summed E-state index contributed by atoms with van der Waals surface area (Å²) in [6.45, 7) is 1.32. The first-order valence-electron chi connectivity index (χ1n) is 6.17. The summed E-state index contributed by atoms with van der Waals surface area (Å²) in [5, 5.41) is 0. The summed E-state index contributed by atoms with van der Waals surface area (Å²) < 4.78 is 27.2. The molecular formula is C11H15ClN2O2S2. The molecule has 0 amide bonds. The van der Waals surface area contributed by atoms with Crippen LogP contribution in [0.15, 0.2) is 10.4 Å². The summed E-state index contributed by atoms with van der Waals surface area (Å²) in [6, 6.07) is 0. The highest BCUT2D eigenvalue weighted by atomic mass is 35.5. The van der Waals surface area contributed by atoms with Gasteiger partial charge in [-0.25, -0.2) is 13.4 Å². The van der Waals surface area contributed by atoms with Gasteiger partial charge in [-0.2, -0.15) is 4.31 Å². The number of hydrogen-bond acceptors (Lipinski definition) is 4. The molecule has 2 saturated carbocycles. The molecule has 18 heavy (non-hydrogen) atoms. The number of nitrogens with zero attached hydrogens (tertiary/aromatic N) is 2. The second kappa shape index (κ2) is 4.74. The van der Waals surface area contributed by atoms with E-state index in [1.54, 1.807) is 4.31 Å². The maximum atomic E-state index is 12.5. The third-order valence-electron chi connectivity index (χ3n) is 3.37. The molecule has 0 atom stereocenters. The Morgan fingerprint density at radius 1 is 1.28 bits per heavy atom. The van der Waals surface area contributed by atoms with Crippen molar-refractivity contribution < 1.29 is 8.42 Å². The van der Waals surface area contributed by atoms with Crippen molar-refractivity contribution in [2.45, 2.75) is 29.9 Å². The fraction of sp³-hybridized carbons (Fsp3) is 0.727. The molecular weight excluding hydrogens is 292 g/mol. The van der Waals surface area contributed by atoms with E-state index in [0.717, 1.165) is 37.0 Å². The van der Waals surface area contributed by atoms with Gasteiger partial charge in [0, 0.05) is 13.1 Å². The maximum absolute atomic E-state index is 12.5. The first kappa shape index (κ1) is 12.8. The molecule has 2 fully saturated rings. The first-order chi connectivity index (χ1) is 8.55. The summed E-state index contributed by atoms with van der Waals surface area (Å²) in [4.78, 5) is 3.83. The molecule has 0 radical (unpaired) electrons. The van der Waals surface area contributed by atoms with E-state index in [9.17, 15) is 8.42 Å². The van der Waals surface area contributed by atoms with Gasteiger partial charge in [0.2, 0.25) is 0 Å². The van der Waals surface area contributed by atoms with Gasteiger partial charge in [-0.15, -0.1) is 0 Å². The van der Waals surface area contributed by atoms with Crippen molar-refractivity contribution in [3.8, 4) is 0 Å². The lowest BCUT2D eigenvalue weighted by Gasteiger charge is -2.20. The predicted molar refractivity (Wildman–Crippen MR) is 71.3 cm³/mol. The Hall–Kier alpha value is -0.170. The highest BCUT2D eigenvalue weighted by molar-refractivity contribution is 7.91. The van der Waals surface area contributed by atoms with E-state index >= 15 is 0 Å². The van der Waals surface area contributed by atoms with Crippen molar-refractivity contribution in [3.05, 3.63) is 10.7 Å². The second-order valence-electron chi connectivity index (χ2n) is 5.14. The fourth-order valence-electron chi connectivity index (χ4n) is 1.93. The molecule has 0 unspecified atom stereocenters. The number of aromatic nitrogens is 1. The van der Waals surface area contributed by atoms with E-state index in [1.165, 1.54) is 6.20 Å². The molecule has 1 aromatic rings. The monoisotopic (exact) mass is 306 g/mol. The molecule has 1 aromatic heterocycles. The molecule has 1 heterocycles. The molecule has 0 aliphatic heterocycles. The highest BCUT2D eigenvalue weighted by Crippen LogP contribution is 2.36. The summed E-state index contributed by atoms with van der Waals surface area (Å²) >= 11 is 6.77. The summed E-state index contributed by atoms with van der Waals surface area (Å²) in [5.41, 5.74) is 0. The van der Waals surface area contributed by atoms with Gasteiger partial charge in [0.05, 0.1) is 6.20 Å². The zero-order valence-corrected chi connectivity index (χ0v) is 12.3. The Morgan fingerprint density at radius 3 is 2.22 bits per heavy atom. The standard InChI is InChI=1S/C11H15ClN2O2S2/c12-11-13-5-10(17-11)18(15,16)14(6-8-1-2-8)7-9-3-4-9/h5,8-9H,1-4,6-7H2. The van der Waals surface area contributed by atoms with Crippen molar-refractivity contribution in [1.29, 1.82) is 0 Å². The third kappa shape index (κ3) is 2.87. The van der Waals surface area contributed by atoms with E-state index in [2.05, 4.69) is 4.98 Å². The van der Waals surface area contributed by atoms with Gasteiger partial charge in [-0.05, 0) is 37.5 Å². The summed E-state index contributed by atoms with van der Waals surface area (Å²) in [5.74, 6) is 1.11. The number of hydrogen-bond donors (Lipinski definition) is 0. The van der Waals surface area contributed by atoms with Crippen LogP contribution in [0.2, 0.25) is 4.47 Å². The topological polar surface area (TPSA) is 50.3 Å². The van der Waals surface area contributed by atoms with Crippen molar-refractivity contribution in [2.75, 3.05) is 13.1 Å². The smallest absolute Gasteiger partial charge is 0.232 e. The van der Waals surface area contributed by atoms with Gasteiger partial charge in [-0.3, -0.25) is 0 Å². The quantitative estimate of drug-likeness (QED) is 0.812. The molecule has 7 heteroatoms. The van der Waals surface area contributed by atoms with Crippen molar-refractivity contribution in [2.24, 2.45) is 11.8 Å². The molecule has 4 nitrogen and oxygen atoms in total. The molecule has 0 N–H and O–H groups in total. The van der Waals surface area contributed by atoms with E-state index in [0.29, 0.717) is 24.9 Å². The zero-order chi connectivity index (χ0) is 12.8. The summed E-state index contributed by atoms with van der Waals surface area (Å²) in [7, 11) is -3.39. The predicted octanol–water partition coefficient (Wildman–Crippen LogP) is 2.61. The second-order valence-corrected chi connectivity index (χ2v) is 8.92. The van der Waals surface area contributed by atoms with Crippen molar-refractivity contribution >= 4 is 33.0 Å². The van der Waals surface area contributed by atoms with E-state index in [-0.39, 0.29) is 8.68 Å². The van der Waals surface area contributed by atoms with Crippen LogP contribution in [-0.2, 0) is 10.0 Å². The highest BCUT2D eigenvalue weighted by Gasteiger charge is 2.36. The van der Waals surface area contributed by atoms with Gasteiger partial charge < -0.3 is 0 Å². The number of thiazole rings is 1. The van der Waals surface area contributed by atoms with E-state index in [4.69, 9.17) is 11.6 Å². The average Bonchev–Trinajstić information content (AvgIpc) is 3.21. The minimum absolute atomic E-state index is 0.272. The Kier molecular flexibility index (Phi) is 3.38. The van der Waals surface area contributed by atoms with Gasteiger partial charge in [0.15, 0.2) is 8.68 Å². The minimum atomic E-state index is -3.39. The van der Waals surface area contributed by atoms with Crippen LogP contribution >= 0.6 is 22.9 Å². The van der Waals surface area contributed by atoms with Gasteiger partial charge in [0.1, 0.15) is 0 Å². The molecule has 0 bridgehead atoms. The van der Waals surface area contributed by atoms with Crippen LogP contribution in [0, 0.1) is 11.8 Å². The number of rotatable bonds is 6. The SMILES string of the molecule is O=S(=O)(c1cnc(Cl)s1)N(CC1CC1)CC1CC1.